The number of halogens is 6. The summed E-state index contributed by atoms with van der Waals surface area (Å²) >= 11 is 0. The summed E-state index contributed by atoms with van der Waals surface area (Å²) in [7, 11) is 1.45. The Morgan fingerprint density at radius 3 is 2.29 bits per heavy atom. The van der Waals surface area contributed by atoms with E-state index in [1.807, 2.05) is 0 Å². The molecule has 0 aromatic heterocycles. The van der Waals surface area contributed by atoms with Crippen molar-refractivity contribution in [3.63, 3.8) is 0 Å². The fraction of sp³-hybridized carbons (Fsp3) is 0.263. The molecule has 0 aliphatic carbocycles. The normalized spacial score (nSPS) is 12.0. The number of rotatable bonds is 8. The van der Waals surface area contributed by atoms with E-state index in [9.17, 15) is 31.1 Å². The zero-order chi connectivity index (χ0) is 23.1. The van der Waals surface area contributed by atoms with Gasteiger partial charge in [-0.05, 0) is 35.9 Å². The van der Waals surface area contributed by atoms with E-state index < -0.39 is 48.5 Å². The van der Waals surface area contributed by atoms with Gasteiger partial charge in [0.15, 0.2) is 13.2 Å². The van der Waals surface area contributed by atoms with Crippen LogP contribution in [-0.2, 0) is 0 Å². The molecule has 6 nitrogen and oxygen atoms in total. The fourth-order valence-corrected chi connectivity index (χ4v) is 2.17. The Bertz CT molecular complexity index is 928. The van der Waals surface area contributed by atoms with Crippen LogP contribution in [0.25, 0.3) is 0 Å². The summed E-state index contributed by atoms with van der Waals surface area (Å²) in [5, 5.41) is 3.68. The van der Waals surface area contributed by atoms with E-state index in [1.165, 1.54) is 13.3 Å². The van der Waals surface area contributed by atoms with Crippen molar-refractivity contribution in [1.82, 2.24) is 5.43 Å². The molecule has 0 heterocycles. The van der Waals surface area contributed by atoms with Gasteiger partial charge >= 0.3 is 12.4 Å². The minimum absolute atomic E-state index is 0.390. The number of carbonyl (C=O) groups is 1. The van der Waals surface area contributed by atoms with Crippen molar-refractivity contribution in [1.29, 1.82) is 0 Å². The maximum absolute atomic E-state index is 12.4. The molecule has 1 amide bonds. The number of hydrazone groups is 1. The average molecular weight is 450 g/mol. The van der Waals surface area contributed by atoms with Crippen LogP contribution in [0.15, 0.2) is 47.6 Å². The molecule has 0 bridgehead atoms. The van der Waals surface area contributed by atoms with Crippen molar-refractivity contribution >= 4 is 12.1 Å². The number of alkyl halides is 6. The van der Waals surface area contributed by atoms with E-state index in [0.717, 1.165) is 18.2 Å². The molecule has 0 aliphatic rings. The van der Waals surface area contributed by atoms with Crippen molar-refractivity contribution < 1.29 is 45.3 Å². The van der Waals surface area contributed by atoms with Gasteiger partial charge in [0.1, 0.15) is 17.2 Å². The van der Waals surface area contributed by atoms with Gasteiger partial charge in [0.05, 0.1) is 18.9 Å². The van der Waals surface area contributed by atoms with Gasteiger partial charge in [-0.1, -0.05) is 12.1 Å². The van der Waals surface area contributed by atoms with Gasteiger partial charge in [-0.25, -0.2) is 5.43 Å². The third-order valence-corrected chi connectivity index (χ3v) is 3.46. The standard InChI is InChI=1S/C19H16F6N2O4/c1-29-13-4-2-3-12(7-13)9-26-27-17(28)15-8-14(30-10-18(20,21)22)5-6-16(15)31-11-19(23,24)25/h2-9H,10-11H2,1H3,(H,27,28). The van der Waals surface area contributed by atoms with E-state index in [-0.39, 0.29) is 0 Å². The highest BCUT2D eigenvalue weighted by Gasteiger charge is 2.30. The third kappa shape index (κ3) is 8.44. The van der Waals surface area contributed by atoms with Crippen LogP contribution in [0.3, 0.4) is 0 Å². The molecular weight excluding hydrogens is 434 g/mol. The number of amides is 1. The van der Waals surface area contributed by atoms with Crippen LogP contribution >= 0.6 is 0 Å². The Morgan fingerprint density at radius 2 is 1.65 bits per heavy atom. The Balaban J connectivity index is 2.19. The first-order valence-electron chi connectivity index (χ1n) is 8.47. The van der Waals surface area contributed by atoms with E-state index in [2.05, 4.69) is 20.0 Å². The van der Waals surface area contributed by atoms with Gasteiger partial charge in [0.2, 0.25) is 0 Å². The van der Waals surface area contributed by atoms with Crippen LogP contribution < -0.4 is 19.6 Å². The second-order valence-electron chi connectivity index (χ2n) is 5.94. The Kier molecular flexibility index (Phi) is 7.72. The first kappa shape index (κ1) is 23.8. The van der Waals surface area contributed by atoms with Crippen LogP contribution in [0, 0.1) is 0 Å². The second-order valence-corrected chi connectivity index (χ2v) is 5.94. The summed E-state index contributed by atoms with van der Waals surface area (Å²) in [6.45, 7) is -3.35. The van der Waals surface area contributed by atoms with Gasteiger partial charge in [-0.2, -0.15) is 31.4 Å². The maximum atomic E-state index is 12.4. The molecule has 168 valence electrons. The largest absolute Gasteiger partial charge is 0.497 e. The van der Waals surface area contributed by atoms with Gasteiger partial charge in [0.25, 0.3) is 5.91 Å². The molecule has 0 fully saturated rings. The predicted molar refractivity (Wildman–Crippen MR) is 97.6 cm³/mol. The molecule has 0 atom stereocenters. The Morgan fingerprint density at radius 1 is 0.968 bits per heavy atom. The third-order valence-electron chi connectivity index (χ3n) is 3.46. The SMILES string of the molecule is COc1cccc(C=NNC(=O)c2cc(OCC(F)(F)F)ccc2OCC(F)(F)F)c1. The molecular formula is C19H16F6N2O4. The minimum atomic E-state index is -4.69. The van der Waals surface area contributed by atoms with E-state index in [1.54, 1.807) is 24.3 Å². The number of ether oxygens (including phenoxy) is 3. The molecule has 31 heavy (non-hydrogen) atoms. The molecule has 1 N–H and O–H groups in total. The average Bonchev–Trinajstić information content (AvgIpc) is 2.70. The smallest absolute Gasteiger partial charge is 0.422 e. The van der Waals surface area contributed by atoms with Crippen LogP contribution in [0.4, 0.5) is 26.3 Å². The summed E-state index contributed by atoms with van der Waals surface area (Å²) in [5.41, 5.74) is 2.12. The molecule has 2 aromatic rings. The topological polar surface area (TPSA) is 69.2 Å². The number of nitrogens with zero attached hydrogens (tertiary/aromatic N) is 1. The summed E-state index contributed by atoms with van der Waals surface area (Å²) in [5.74, 6) is -1.40. The van der Waals surface area contributed by atoms with Crippen molar-refractivity contribution in [2.24, 2.45) is 5.10 Å². The van der Waals surface area contributed by atoms with Gasteiger partial charge in [0, 0.05) is 0 Å². The van der Waals surface area contributed by atoms with Crippen LogP contribution in [-0.4, -0.2) is 44.8 Å². The zero-order valence-corrected chi connectivity index (χ0v) is 15.9. The van der Waals surface area contributed by atoms with Crippen molar-refractivity contribution in [3.8, 4) is 17.2 Å². The highest BCUT2D eigenvalue weighted by Crippen LogP contribution is 2.27. The lowest BCUT2D eigenvalue weighted by Crippen LogP contribution is -2.23. The molecule has 0 spiro atoms. The number of carbonyl (C=O) groups excluding carboxylic acids is 1. The monoisotopic (exact) mass is 450 g/mol. The molecule has 2 rings (SSSR count). The van der Waals surface area contributed by atoms with E-state index in [0.29, 0.717) is 11.3 Å². The maximum Gasteiger partial charge on any atom is 0.422 e. The lowest BCUT2D eigenvalue weighted by Gasteiger charge is -2.14. The van der Waals surface area contributed by atoms with Crippen LogP contribution in [0.2, 0.25) is 0 Å². The summed E-state index contributed by atoms with van der Waals surface area (Å²) in [6.07, 6.45) is -8.10. The van der Waals surface area contributed by atoms with E-state index >= 15 is 0 Å². The first-order valence-corrected chi connectivity index (χ1v) is 8.47. The highest BCUT2D eigenvalue weighted by molar-refractivity contribution is 5.97. The number of hydrogen-bond acceptors (Lipinski definition) is 5. The van der Waals surface area contributed by atoms with Gasteiger partial charge in [-0.3, -0.25) is 4.79 Å². The Labute approximate surface area is 172 Å². The molecule has 0 saturated heterocycles. The summed E-state index contributed by atoms with van der Waals surface area (Å²) in [6, 6.07) is 9.25. The van der Waals surface area contributed by atoms with Gasteiger partial charge in [-0.15, -0.1) is 0 Å². The minimum Gasteiger partial charge on any atom is -0.497 e. The van der Waals surface area contributed by atoms with E-state index in [4.69, 9.17) is 4.74 Å². The number of methoxy groups -OCH3 is 1. The van der Waals surface area contributed by atoms with Crippen LogP contribution in [0.1, 0.15) is 15.9 Å². The molecule has 0 aliphatic heterocycles. The molecule has 12 heteroatoms. The van der Waals surface area contributed by atoms with Crippen molar-refractivity contribution in [3.05, 3.63) is 53.6 Å². The number of hydrogen-bond donors (Lipinski definition) is 1. The lowest BCUT2D eigenvalue weighted by atomic mass is 10.2. The van der Waals surface area contributed by atoms with Crippen molar-refractivity contribution in [2.75, 3.05) is 20.3 Å². The van der Waals surface area contributed by atoms with Crippen LogP contribution in [0.5, 0.6) is 17.2 Å². The molecule has 0 unspecified atom stereocenters. The molecule has 0 radical (unpaired) electrons. The first-order chi connectivity index (χ1) is 14.5. The second kappa shape index (κ2) is 10.0. The molecule has 2 aromatic carbocycles. The quantitative estimate of drug-likeness (QED) is 0.369. The number of nitrogens with one attached hydrogen (secondary N) is 1. The fourth-order valence-electron chi connectivity index (χ4n) is 2.17. The highest BCUT2D eigenvalue weighted by atomic mass is 19.4. The lowest BCUT2D eigenvalue weighted by molar-refractivity contribution is -0.154. The van der Waals surface area contributed by atoms with Crippen molar-refractivity contribution in [2.45, 2.75) is 12.4 Å². The van der Waals surface area contributed by atoms with Gasteiger partial charge < -0.3 is 14.2 Å². The summed E-state index contributed by atoms with van der Waals surface area (Å²) in [4.78, 5) is 12.4. The Hall–Kier alpha value is -3.44. The summed E-state index contributed by atoms with van der Waals surface area (Å²) < 4.78 is 88.5. The zero-order valence-electron chi connectivity index (χ0n) is 15.9. The number of benzene rings is 2. The predicted octanol–water partition coefficient (Wildman–Crippen LogP) is 4.34. The molecule has 0 saturated carbocycles.